The number of fused-ring (bicyclic) bond motifs is 8. The SMILES string of the molecule is c1ccc(-c2ccccc2N(c2ccc(-c3ccc4ccc5oc6ccccc6c5c4c3)cc2)c2cccc3c4ccccc4n(-c4ccccc4)c23)cc1. The summed E-state index contributed by atoms with van der Waals surface area (Å²) in [6.45, 7) is 0. The molecule has 2 heterocycles. The topological polar surface area (TPSA) is 21.3 Å². The number of hydrogen-bond donors (Lipinski definition) is 0. The Labute approximate surface area is 318 Å². The molecule has 3 nitrogen and oxygen atoms in total. The Morgan fingerprint density at radius 2 is 1.05 bits per heavy atom. The highest BCUT2D eigenvalue weighted by molar-refractivity contribution is 6.19. The fraction of sp³-hybridized carbons (Fsp3) is 0. The summed E-state index contributed by atoms with van der Waals surface area (Å²) in [4.78, 5) is 2.44. The normalized spacial score (nSPS) is 11.6. The number of benzene rings is 9. The van der Waals surface area contributed by atoms with E-state index in [1.165, 1.54) is 38.2 Å². The molecule has 0 aliphatic rings. The van der Waals surface area contributed by atoms with Gasteiger partial charge in [-0.3, -0.25) is 0 Å². The van der Waals surface area contributed by atoms with Gasteiger partial charge in [0.25, 0.3) is 0 Å². The summed E-state index contributed by atoms with van der Waals surface area (Å²) in [5, 5.41) is 7.14. The zero-order valence-corrected chi connectivity index (χ0v) is 29.9. The first-order valence-corrected chi connectivity index (χ1v) is 18.8. The number of anilines is 3. The summed E-state index contributed by atoms with van der Waals surface area (Å²) in [5.74, 6) is 0. The maximum Gasteiger partial charge on any atom is 0.136 e. The van der Waals surface area contributed by atoms with Crippen molar-refractivity contribution < 1.29 is 4.42 Å². The van der Waals surface area contributed by atoms with Crippen LogP contribution >= 0.6 is 0 Å². The molecule has 11 rings (SSSR count). The van der Waals surface area contributed by atoms with Gasteiger partial charge in [0.2, 0.25) is 0 Å². The molecule has 0 radical (unpaired) electrons. The van der Waals surface area contributed by atoms with E-state index >= 15 is 0 Å². The van der Waals surface area contributed by atoms with Gasteiger partial charge in [-0.05, 0) is 88.1 Å². The Hall–Kier alpha value is -7.36. The first-order chi connectivity index (χ1) is 27.3. The largest absolute Gasteiger partial charge is 0.456 e. The highest BCUT2D eigenvalue weighted by Gasteiger charge is 2.23. The maximum atomic E-state index is 6.25. The van der Waals surface area contributed by atoms with Gasteiger partial charge in [0, 0.05) is 38.5 Å². The third-order valence-corrected chi connectivity index (χ3v) is 11.0. The van der Waals surface area contributed by atoms with Crippen LogP contribution in [0.3, 0.4) is 0 Å². The van der Waals surface area contributed by atoms with Crippen molar-refractivity contribution in [2.45, 2.75) is 0 Å². The summed E-state index contributed by atoms with van der Waals surface area (Å²) in [6.07, 6.45) is 0. The fourth-order valence-electron chi connectivity index (χ4n) is 8.49. The lowest BCUT2D eigenvalue weighted by molar-refractivity contribution is 0.669. The molecule has 0 aliphatic carbocycles. The lowest BCUT2D eigenvalue weighted by Crippen LogP contribution is -2.12. The monoisotopic (exact) mass is 702 g/mol. The van der Waals surface area contributed by atoms with Crippen LogP contribution in [0.4, 0.5) is 17.1 Å². The number of para-hydroxylation sites is 5. The van der Waals surface area contributed by atoms with Crippen LogP contribution in [-0.4, -0.2) is 4.57 Å². The number of hydrogen-bond acceptors (Lipinski definition) is 2. The summed E-state index contributed by atoms with van der Waals surface area (Å²) in [7, 11) is 0. The zero-order valence-electron chi connectivity index (χ0n) is 29.9. The number of aromatic nitrogens is 1. The molecule has 0 bridgehead atoms. The second-order valence-electron chi connectivity index (χ2n) is 14.1. The van der Waals surface area contributed by atoms with Gasteiger partial charge < -0.3 is 13.9 Å². The van der Waals surface area contributed by atoms with Crippen molar-refractivity contribution in [2.24, 2.45) is 0 Å². The smallest absolute Gasteiger partial charge is 0.136 e. The van der Waals surface area contributed by atoms with Gasteiger partial charge in [0.15, 0.2) is 0 Å². The maximum absolute atomic E-state index is 6.25. The van der Waals surface area contributed by atoms with E-state index in [4.69, 9.17) is 4.42 Å². The molecule has 0 saturated heterocycles. The van der Waals surface area contributed by atoms with E-state index in [2.05, 4.69) is 204 Å². The van der Waals surface area contributed by atoms with Crippen LogP contribution in [0.15, 0.2) is 211 Å². The van der Waals surface area contributed by atoms with Crippen LogP contribution in [0.5, 0.6) is 0 Å². The molecule has 11 aromatic rings. The van der Waals surface area contributed by atoms with Crippen molar-refractivity contribution in [2.75, 3.05) is 4.90 Å². The molecule has 2 aromatic heterocycles. The molecule has 0 N–H and O–H groups in total. The van der Waals surface area contributed by atoms with E-state index < -0.39 is 0 Å². The van der Waals surface area contributed by atoms with E-state index in [9.17, 15) is 0 Å². The van der Waals surface area contributed by atoms with Gasteiger partial charge in [0.05, 0.1) is 22.4 Å². The van der Waals surface area contributed by atoms with Crippen LogP contribution in [0.2, 0.25) is 0 Å². The Balaban J connectivity index is 1.13. The predicted octanol–water partition coefficient (Wildman–Crippen LogP) is 14.6. The number of furan rings is 1. The first-order valence-electron chi connectivity index (χ1n) is 18.8. The summed E-state index contributed by atoms with van der Waals surface area (Å²) >= 11 is 0. The van der Waals surface area contributed by atoms with Gasteiger partial charge in [-0.25, -0.2) is 0 Å². The average Bonchev–Trinajstić information content (AvgIpc) is 3.81. The molecule has 0 atom stereocenters. The molecule has 3 heteroatoms. The summed E-state index contributed by atoms with van der Waals surface area (Å²) < 4.78 is 8.67. The van der Waals surface area contributed by atoms with Crippen LogP contribution in [0.25, 0.3) is 82.5 Å². The van der Waals surface area contributed by atoms with Gasteiger partial charge >= 0.3 is 0 Å². The Morgan fingerprint density at radius 3 is 1.91 bits per heavy atom. The molecule has 0 aliphatic heterocycles. The van der Waals surface area contributed by atoms with Gasteiger partial charge in [-0.15, -0.1) is 0 Å². The van der Waals surface area contributed by atoms with E-state index in [1.807, 2.05) is 12.1 Å². The highest BCUT2D eigenvalue weighted by atomic mass is 16.3. The molecule has 0 unspecified atom stereocenters. The van der Waals surface area contributed by atoms with Crippen molar-refractivity contribution in [3.8, 4) is 27.9 Å². The number of rotatable bonds is 6. The van der Waals surface area contributed by atoms with E-state index in [0.717, 1.165) is 61.3 Å². The van der Waals surface area contributed by atoms with E-state index in [0.29, 0.717) is 0 Å². The quantitative estimate of drug-likeness (QED) is 0.172. The van der Waals surface area contributed by atoms with E-state index in [-0.39, 0.29) is 0 Å². The third kappa shape index (κ3) is 5.05. The minimum absolute atomic E-state index is 0.913. The van der Waals surface area contributed by atoms with Crippen molar-refractivity contribution >= 4 is 71.6 Å². The Morgan fingerprint density at radius 1 is 0.400 bits per heavy atom. The molecular weight excluding hydrogens is 669 g/mol. The van der Waals surface area contributed by atoms with Crippen molar-refractivity contribution in [1.29, 1.82) is 0 Å². The van der Waals surface area contributed by atoms with Gasteiger partial charge in [-0.2, -0.15) is 0 Å². The Bertz CT molecular complexity index is 3190. The third-order valence-electron chi connectivity index (χ3n) is 11.0. The lowest BCUT2D eigenvalue weighted by atomic mass is 9.97. The predicted molar refractivity (Wildman–Crippen MR) is 231 cm³/mol. The van der Waals surface area contributed by atoms with Crippen LogP contribution < -0.4 is 4.90 Å². The lowest BCUT2D eigenvalue weighted by Gasteiger charge is -2.29. The van der Waals surface area contributed by atoms with Crippen LogP contribution in [-0.2, 0) is 0 Å². The standard InChI is InChI=1S/C52H34N2O/c1-3-14-36(15-4-1)41-18-7-10-22-46(41)53(48-24-13-21-43-42-19-8-11-23-47(42)54(52(43)48)39-16-5-2-6-17-39)40-31-28-35(29-32-40)38-27-26-37-30-33-50-51(45(37)34-38)44-20-9-12-25-49(44)55-50/h1-34H. The molecule has 0 amide bonds. The zero-order chi connectivity index (χ0) is 36.3. The van der Waals surface area contributed by atoms with Gasteiger partial charge in [0.1, 0.15) is 11.2 Å². The second-order valence-corrected chi connectivity index (χ2v) is 14.1. The van der Waals surface area contributed by atoms with Crippen molar-refractivity contribution in [3.63, 3.8) is 0 Å². The molecule has 9 aromatic carbocycles. The van der Waals surface area contributed by atoms with Crippen LogP contribution in [0, 0.1) is 0 Å². The Kier molecular flexibility index (Phi) is 7.17. The summed E-state index contributed by atoms with van der Waals surface area (Å²) in [5.41, 5.74) is 13.2. The fourth-order valence-corrected chi connectivity index (χ4v) is 8.49. The average molecular weight is 703 g/mol. The van der Waals surface area contributed by atoms with Crippen LogP contribution in [0.1, 0.15) is 0 Å². The van der Waals surface area contributed by atoms with Crippen molar-refractivity contribution in [3.05, 3.63) is 206 Å². The number of nitrogens with zero attached hydrogens (tertiary/aromatic N) is 2. The second kappa shape index (κ2) is 12.6. The molecule has 55 heavy (non-hydrogen) atoms. The van der Waals surface area contributed by atoms with Crippen molar-refractivity contribution in [1.82, 2.24) is 4.57 Å². The van der Waals surface area contributed by atoms with Gasteiger partial charge in [-0.1, -0.05) is 146 Å². The minimum atomic E-state index is 0.913. The molecule has 0 spiro atoms. The molecule has 0 fully saturated rings. The minimum Gasteiger partial charge on any atom is -0.456 e. The highest BCUT2D eigenvalue weighted by Crippen LogP contribution is 2.46. The molecular formula is C52H34N2O. The molecule has 0 saturated carbocycles. The molecule has 258 valence electrons. The van der Waals surface area contributed by atoms with E-state index in [1.54, 1.807) is 0 Å². The first kappa shape index (κ1) is 31.2. The summed E-state index contributed by atoms with van der Waals surface area (Å²) in [6, 6.07) is 74.0.